The maximum Gasteiger partial charge on any atom is 0.153 e. The van der Waals surface area contributed by atoms with Crippen LogP contribution in [0.1, 0.15) is 19.5 Å². The molecule has 122 valence electrons. The van der Waals surface area contributed by atoms with Crippen molar-refractivity contribution in [2.24, 2.45) is 0 Å². The number of allylic oxidation sites excluding steroid dienone is 1. The van der Waals surface area contributed by atoms with Gasteiger partial charge in [-0.2, -0.15) is 0 Å². The van der Waals surface area contributed by atoms with Crippen LogP contribution in [-0.4, -0.2) is 71.4 Å². The third-order valence-electron chi connectivity index (χ3n) is 4.57. The van der Waals surface area contributed by atoms with Crippen LogP contribution in [0.4, 0.5) is 0 Å². The zero-order valence-corrected chi connectivity index (χ0v) is 14.0. The molecule has 3 heterocycles. The molecule has 2 atom stereocenters. The number of rotatable bonds is 4. The average Bonchev–Trinajstić information content (AvgIpc) is 3.04. The summed E-state index contributed by atoms with van der Waals surface area (Å²) in [7, 11) is -2.94. The lowest BCUT2D eigenvalue weighted by atomic mass is 10.0. The Morgan fingerprint density at radius 3 is 2.64 bits per heavy atom. The molecule has 2 fully saturated rings. The van der Waals surface area contributed by atoms with E-state index in [1.807, 2.05) is 6.20 Å². The smallest absolute Gasteiger partial charge is 0.153 e. The van der Waals surface area contributed by atoms with E-state index in [1.165, 1.54) is 5.57 Å². The SMILES string of the molecule is CC(C)=CCN1CCN(Cc2cnc[nH]2)[C@H]2CS(=O)(=O)C[C@H]21. The van der Waals surface area contributed by atoms with Gasteiger partial charge in [-0.15, -0.1) is 0 Å². The maximum absolute atomic E-state index is 12.1. The number of aromatic nitrogens is 2. The van der Waals surface area contributed by atoms with Crippen LogP contribution < -0.4 is 0 Å². The molecule has 2 aliphatic rings. The van der Waals surface area contributed by atoms with Gasteiger partial charge in [0.05, 0.1) is 17.8 Å². The van der Waals surface area contributed by atoms with Crippen molar-refractivity contribution < 1.29 is 8.42 Å². The number of hydrogen-bond acceptors (Lipinski definition) is 5. The van der Waals surface area contributed by atoms with Gasteiger partial charge in [0.25, 0.3) is 0 Å². The molecule has 1 N–H and O–H groups in total. The number of fused-ring (bicyclic) bond motifs is 1. The van der Waals surface area contributed by atoms with Crippen molar-refractivity contribution in [3.8, 4) is 0 Å². The zero-order chi connectivity index (χ0) is 15.7. The fourth-order valence-electron chi connectivity index (χ4n) is 3.41. The van der Waals surface area contributed by atoms with Gasteiger partial charge in [0.1, 0.15) is 0 Å². The van der Waals surface area contributed by atoms with Gasteiger partial charge in [-0.3, -0.25) is 9.80 Å². The molecule has 0 aromatic carbocycles. The van der Waals surface area contributed by atoms with Gasteiger partial charge in [-0.05, 0) is 13.8 Å². The molecule has 1 aromatic heterocycles. The molecule has 0 radical (unpaired) electrons. The predicted molar refractivity (Wildman–Crippen MR) is 86.2 cm³/mol. The highest BCUT2D eigenvalue weighted by atomic mass is 32.2. The van der Waals surface area contributed by atoms with Crippen LogP contribution in [0.25, 0.3) is 0 Å². The molecule has 0 bridgehead atoms. The molecule has 0 aliphatic carbocycles. The highest BCUT2D eigenvalue weighted by Crippen LogP contribution is 2.27. The molecule has 2 saturated heterocycles. The standard InChI is InChI=1S/C15H24N4O2S/c1-12(2)3-4-18-5-6-19(8-13-7-16-11-17-13)15-10-22(20,21)9-14(15)18/h3,7,11,14-15H,4-6,8-10H2,1-2H3,(H,16,17)/t14-,15+/m1/s1. The van der Waals surface area contributed by atoms with Crippen molar-refractivity contribution >= 4 is 9.84 Å². The quantitative estimate of drug-likeness (QED) is 0.824. The largest absolute Gasteiger partial charge is 0.347 e. The Bertz CT molecular complexity index is 635. The number of nitrogens with zero attached hydrogens (tertiary/aromatic N) is 3. The van der Waals surface area contributed by atoms with Gasteiger partial charge in [0, 0.05) is 50.2 Å². The molecule has 0 unspecified atom stereocenters. The minimum Gasteiger partial charge on any atom is -0.347 e. The molecule has 22 heavy (non-hydrogen) atoms. The maximum atomic E-state index is 12.1. The van der Waals surface area contributed by atoms with Crippen LogP contribution in [0.2, 0.25) is 0 Å². The first-order valence-corrected chi connectivity index (χ1v) is 9.56. The summed E-state index contributed by atoms with van der Waals surface area (Å²) in [5.74, 6) is 0.560. The third kappa shape index (κ3) is 3.42. The van der Waals surface area contributed by atoms with E-state index in [1.54, 1.807) is 6.33 Å². The Balaban J connectivity index is 1.76. The number of aromatic amines is 1. The van der Waals surface area contributed by atoms with Crippen molar-refractivity contribution in [2.45, 2.75) is 32.5 Å². The van der Waals surface area contributed by atoms with Gasteiger partial charge >= 0.3 is 0 Å². The normalized spacial score (nSPS) is 28.5. The molecule has 0 saturated carbocycles. The minimum atomic E-state index is -2.94. The minimum absolute atomic E-state index is 0.0904. The van der Waals surface area contributed by atoms with E-state index in [-0.39, 0.29) is 23.6 Å². The van der Waals surface area contributed by atoms with E-state index >= 15 is 0 Å². The second-order valence-electron chi connectivity index (χ2n) is 6.54. The molecular formula is C15H24N4O2S. The summed E-state index contributed by atoms with van der Waals surface area (Å²) < 4.78 is 24.3. The number of hydrogen-bond donors (Lipinski definition) is 1. The van der Waals surface area contributed by atoms with E-state index in [9.17, 15) is 8.42 Å². The molecular weight excluding hydrogens is 300 g/mol. The number of piperazine rings is 1. The van der Waals surface area contributed by atoms with Crippen molar-refractivity contribution in [1.82, 2.24) is 19.8 Å². The molecule has 6 nitrogen and oxygen atoms in total. The van der Waals surface area contributed by atoms with Crippen molar-refractivity contribution in [3.05, 3.63) is 29.9 Å². The lowest BCUT2D eigenvalue weighted by Crippen LogP contribution is -2.58. The first kappa shape index (κ1) is 15.7. The third-order valence-corrected chi connectivity index (χ3v) is 6.27. The fourth-order valence-corrected chi connectivity index (χ4v) is 5.45. The Labute approximate surface area is 132 Å². The Hall–Kier alpha value is -1.18. The van der Waals surface area contributed by atoms with Crippen molar-refractivity contribution in [2.75, 3.05) is 31.1 Å². The average molecular weight is 324 g/mol. The topological polar surface area (TPSA) is 69.3 Å². The van der Waals surface area contributed by atoms with E-state index in [2.05, 4.69) is 39.7 Å². The van der Waals surface area contributed by atoms with Gasteiger partial charge in [-0.25, -0.2) is 13.4 Å². The van der Waals surface area contributed by atoms with Gasteiger partial charge in [0.2, 0.25) is 0 Å². The Kier molecular flexibility index (Phi) is 4.38. The van der Waals surface area contributed by atoms with Crippen LogP contribution in [0, 0.1) is 0 Å². The molecule has 3 rings (SSSR count). The number of sulfone groups is 1. The van der Waals surface area contributed by atoms with E-state index < -0.39 is 9.84 Å². The van der Waals surface area contributed by atoms with Crippen LogP contribution in [0.15, 0.2) is 24.2 Å². The predicted octanol–water partition coefficient (Wildman–Crippen LogP) is 0.659. The second-order valence-corrected chi connectivity index (χ2v) is 8.69. The summed E-state index contributed by atoms with van der Waals surface area (Å²) >= 11 is 0. The molecule has 0 spiro atoms. The Morgan fingerprint density at radius 1 is 1.32 bits per heavy atom. The fraction of sp³-hybridized carbons (Fsp3) is 0.667. The summed E-state index contributed by atoms with van der Waals surface area (Å²) in [6, 6.07) is 0.199. The van der Waals surface area contributed by atoms with Crippen LogP contribution in [-0.2, 0) is 16.4 Å². The summed E-state index contributed by atoms with van der Waals surface area (Å²) in [5, 5.41) is 0. The molecule has 7 heteroatoms. The summed E-state index contributed by atoms with van der Waals surface area (Å²) in [4.78, 5) is 11.8. The van der Waals surface area contributed by atoms with Gasteiger partial charge in [-0.1, -0.05) is 11.6 Å². The first-order chi connectivity index (χ1) is 10.4. The van der Waals surface area contributed by atoms with Crippen LogP contribution in [0.5, 0.6) is 0 Å². The number of nitrogens with one attached hydrogen (secondary N) is 1. The lowest BCUT2D eigenvalue weighted by Gasteiger charge is -2.43. The van der Waals surface area contributed by atoms with E-state index in [4.69, 9.17) is 0 Å². The van der Waals surface area contributed by atoms with E-state index in [0.29, 0.717) is 0 Å². The van der Waals surface area contributed by atoms with Crippen LogP contribution >= 0.6 is 0 Å². The van der Waals surface area contributed by atoms with Crippen molar-refractivity contribution in [3.63, 3.8) is 0 Å². The van der Waals surface area contributed by atoms with Gasteiger partial charge in [0.15, 0.2) is 9.84 Å². The van der Waals surface area contributed by atoms with E-state index in [0.717, 1.165) is 31.9 Å². The molecule has 1 aromatic rings. The monoisotopic (exact) mass is 324 g/mol. The zero-order valence-electron chi connectivity index (χ0n) is 13.2. The first-order valence-electron chi connectivity index (χ1n) is 7.74. The lowest BCUT2D eigenvalue weighted by molar-refractivity contribution is 0.0471. The highest BCUT2D eigenvalue weighted by Gasteiger charge is 2.46. The summed E-state index contributed by atoms with van der Waals surface area (Å²) in [6.07, 6.45) is 5.67. The molecule has 2 aliphatic heterocycles. The number of H-pyrrole nitrogens is 1. The molecule has 0 amide bonds. The summed E-state index contributed by atoms with van der Waals surface area (Å²) in [5.41, 5.74) is 2.32. The summed E-state index contributed by atoms with van der Waals surface area (Å²) in [6.45, 7) is 7.56. The second kappa shape index (κ2) is 6.14. The Morgan fingerprint density at radius 2 is 2.00 bits per heavy atom. The highest BCUT2D eigenvalue weighted by molar-refractivity contribution is 7.91. The van der Waals surface area contributed by atoms with Crippen LogP contribution in [0.3, 0.4) is 0 Å². The van der Waals surface area contributed by atoms with Gasteiger partial charge < -0.3 is 4.98 Å². The van der Waals surface area contributed by atoms with Crippen molar-refractivity contribution in [1.29, 1.82) is 0 Å². The number of imidazole rings is 1.